The maximum absolute atomic E-state index is 13.1. The van der Waals surface area contributed by atoms with E-state index in [-0.39, 0.29) is 11.5 Å². The molecule has 0 saturated heterocycles. The lowest BCUT2D eigenvalue weighted by atomic mass is 10.0. The van der Waals surface area contributed by atoms with Crippen molar-refractivity contribution in [1.82, 2.24) is 15.1 Å². The Balaban J connectivity index is 1.96. The number of para-hydroxylation sites is 1. The number of rotatable bonds is 5. The number of fused-ring (bicyclic) bond motifs is 3. The van der Waals surface area contributed by atoms with E-state index in [1.54, 1.807) is 22.0 Å². The molecule has 2 aromatic heterocycles. The highest BCUT2D eigenvalue weighted by atomic mass is 32.2. The van der Waals surface area contributed by atoms with E-state index in [4.69, 9.17) is 5.10 Å². The maximum atomic E-state index is 13.1. The second-order valence-corrected chi connectivity index (χ2v) is 7.90. The predicted molar refractivity (Wildman–Crippen MR) is 112 cm³/mol. The van der Waals surface area contributed by atoms with Crippen molar-refractivity contribution in [2.24, 2.45) is 0 Å². The molecule has 0 spiro atoms. The number of hydrogen-bond donors (Lipinski definition) is 1. The van der Waals surface area contributed by atoms with Crippen LogP contribution < -0.4 is 15.1 Å². The molecule has 29 heavy (non-hydrogen) atoms. The third-order valence-corrected chi connectivity index (χ3v) is 5.77. The van der Waals surface area contributed by atoms with E-state index in [2.05, 4.69) is 16.9 Å². The van der Waals surface area contributed by atoms with E-state index in [1.165, 1.54) is 18.7 Å². The summed E-state index contributed by atoms with van der Waals surface area (Å²) >= 11 is 1.51. The van der Waals surface area contributed by atoms with Crippen LogP contribution in [0.3, 0.4) is 0 Å². The molecule has 1 unspecified atom stereocenters. The lowest BCUT2D eigenvalue weighted by Crippen LogP contribution is -2.60. The fourth-order valence-electron chi connectivity index (χ4n) is 3.52. The van der Waals surface area contributed by atoms with Gasteiger partial charge in [0.15, 0.2) is 0 Å². The van der Waals surface area contributed by atoms with Gasteiger partial charge in [-0.25, -0.2) is 4.90 Å². The smallest absolute Gasteiger partial charge is 0.291 e. The number of nitrogens with one attached hydrogen (secondary N) is 1. The summed E-state index contributed by atoms with van der Waals surface area (Å²) in [6.45, 7) is 3.65. The molecule has 4 rings (SSSR count). The van der Waals surface area contributed by atoms with Crippen molar-refractivity contribution >= 4 is 23.4 Å². The second-order valence-electron chi connectivity index (χ2n) is 6.82. The molecule has 0 bridgehead atoms. The van der Waals surface area contributed by atoms with Crippen LogP contribution in [0.15, 0.2) is 58.7 Å². The number of hydrogen-bond acceptors (Lipinski definition) is 5. The molecule has 3 heterocycles. The Bertz CT molecular complexity index is 1100. The molecule has 1 amide bonds. The van der Waals surface area contributed by atoms with Crippen LogP contribution in [-0.2, 0) is 4.79 Å². The Kier molecular flexibility index (Phi) is 5.44. The van der Waals surface area contributed by atoms with Crippen LogP contribution in [0.25, 0.3) is 11.3 Å². The summed E-state index contributed by atoms with van der Waals surface area (Å²) in [5, 5.41) is 5.28. The highest BCUT2D eigenvalue weighted by molar-refractivity contribution is 7.99. The molecular weight excluding hydrogens is 386 g/mol. The quantitative estimate of drug-likeness (QED) is 0.399. The fraction of sp³-hybridized carbons (Fsp3) is 0.286. The Morgan fingerprint density at radius 1 is 1.28 bits per heavy atom. The van der Waals surface area contributed by atoms with Gasteiger partial charge in [-0.05, 0) is 35.4 Å². The van der Waals surface area contributed by atoms with Crippen LogP contribution in [0.2, 0.25) is 0 Å². The minimum Gasteiger partial charge on any atom is -0.291 e. The highest BCUT2D eigenvalue weighted by Gasteiger charge is 2.44. The SMILES string of the molecule is CCCCSc1n[n+]2c(c(=O)[nH]1)-c1ccccc1N(C(C)=O)C2c1cccnc1. The topological polar surface area (TPSA) is 82.8 Å². The molecule has 1 aliphatic heterocycles. The number of carbonyl (C=O) groups excluding carboxylic acids is 1. The lowest BCUT2D eigenvalue weighted by molar-refractivity contribution is -0.763. The third-order valence-electron chi connectivity index (χ3n) is 4.82. The summed E-state index contributed by atoms with van der Waals surface area (Å²) in [5.74, 6) is 0.732. The van der Waals surface area contributed by atoms with Gasteiger partial charge in [-0.1, -0.05) is 37.2 Å². The van der Waals surface area contributed by atoms with E-state index < -0.39 is 6.17 Å². The Morgan fingerprint density at radius 3 is 2.83 bits per heavy atom. The first kappa shape index (κ1) is 19.3. The van der Waals surface area contributed by atoms with Gasteiger partial charge >= 0.3 is 11.3 Å². The standard InChI is InChI=1S/C21H21N5O2S/c1-3-4-12-29-21-23-19(28)18-16-9-5-6-10-17(16)25(14(2)27)20(26(18)24-21)15-8-7-11-22-13-15/h5-11,13,20H,3-4,12H2,1-2H3/p+1. The van der Waals surface area contributed by atoms with E-state index in [0.29, 0.717) is 22.1 Å². The van der Waals surface area contributed by atoms with Crippen molar-refractivity contribution in [3.63, 3.8) is 0 Å². The zero-order valence-electron chi connectivity index (χ0n) is 16.3. The molecule has 0 fully saturated rings. The summed E-state index contributed by atoms with van der Waals surface area (Å²) < 4.78 is 1.66. The van der Waals surface area contributed by atoms with Crippen molar-refractivity contribution in [2.75, 3.05) is 10.7 Å². The molecule has 1 atom stereocenters. The van der Waals surface area contributed by atoms with Crippen LogP contribution >= 0.6 is 11.8 Å². The summed E-state index contributed by atoms with van der Waals surface area (Å²) in [6, 6.07) is 11.1. The van der Waals surface area contributed by atoms with Crippen molar-refractivity contribution in [2.45, 2.75) is 38.0 Å². The van der Waals surface area contributed by atoms with Gasteiger partial charge in [-0.3, -0.25) is 19.6 Å². The Hall–Kier alpha value is -3.00. The van der Waals surface area contributed by atoms with E-state index in [0.717, 1.165) is 24.2 Å². The first-order chi connectivity index (χ1) is 14.1. The molecule has 0 radical (unpaired) electrons. The largest absolute Gasteiger partial charge is 0.325 e. The van der Waals surface area contributed by atoms with Gasteiger partial charge in [0, 0.05) is 30.2 Å². The van der Waals surface area contributed by atoms with Crippen molar-refractivity contribution in [3.05, 3.63) is 64.7 Å². The number of carbonyl (C=O) groups is 1. The monoisotopic (exact) mass is 408 g/mol. The zero-order valence-corrected chi connectivity index (χ0v) is 17.1. The molecule has 0 aliphatic carbocycles. The molecule has 0 saturated carbocycles. The first-order valence-corrected chi connectivity index (χ1v) is 10.6. The number of thioether (sulfide) groups is 1. The van der Waals surface area contributed by atoms with Gasteiger partial charge in [0.25, 0.3) is 6.17 Å². The summed E-state index contributed by atoms with van der Waals surface area (Å²) in [4.78, 5) is 34.6. The zero-order chi connectivity index (χ0) is 20.4. The third kappa shape index (κ3) is 3.55. The summed E-state index contributed by atoms with van der Waals surface area (Å²) in [7, 11) is 0. The number of aromatic nitrogens is 4. The van der Waals surface area contributed by atoms with Gasteiger partial charge in [0.05, 0.1) is 16.8 Å². The average molecular weight is 409 g/mol. The van der Waals surface area contributed by atoms with Crippen LogP contribution in [0.4, 0.5) is 5.69 Å². The Labute approximate surface area is 172 Å². The van der Waals surface area contributed by atoms with Crippen LogP contribution in [0, 0.1) is 0 Å². The van der Waals surface area contributed by atoms with Gasteiger partial charge in [0.2, 0.25) is 11.1 Å². The van der Waals surface area contributed by atoms with Crippen molar-refractivity contribution < 1.29 is 9.48 Å². The van der Waals surface area contributed by atoms with Crippen LogP contribution in [0.1, 0.15) is 38.4 Å². The predicted octanol–water partition coefficient (Wildman–Crippen LogP) is 2.93. The van der Waals surface area contributed by atoms with Gasteiger partial charge in [-0.15, -0.1) is 0 Å². The highest BCUT2D eigenvalue weighted by Crippen LogP contribution is 2.36. The number of aromatic amines is 1. The second kappa shape index (κ2) is 8.16. The first-order valence-electron chi connectivity index (χ1n) is 9.60. The van der Waals surface area contributed by atoms with Crippen LogP contribution in [-0.4, -0.2) is 26.7 Å². The number of pyridine rings is 1. The molecule has 1 aliphatic rings. The molecule has 8 heteroatoms. The maximum Gasteiger partial charge on any atom is 0.325 e. The van der Waals surface area contributed by atoms with Crippen LogP contribution in [0.5, 0.6) is 0 Å². The van der Waals surface area contributed by atoms with E-state index in [9.17, 15) is 9.59 Å². The number of nitrogens with zero attached hydrogens (tertiary/aromatic N) is 4. The van der Waals surface area contributed by atoms with E-state index >= 15 is 0 Å². The van der Waals surface area contributed by atoms with E-state index in [1.807, 2.05) is 36.4 Å². The molecule has 1 N–H and O–H groups in total. The van der Waals surface area contributed by atoms with Gasteiger partial charge in [0.1, 0.15) is 0 Å². The molecular formula is C21H22N5O2S+. The molecule has 3 aromatic rings. The minimum absolute atomic E-state index is 0.133. The van der Waals surface area contributed by atoms with Crippen molar-refractivity contribution in [1.29, 1.82) is 0 Å². The number of H-pyrrole nitrogens is 1. The van der Waals surface area contributed by atoms with Gasteiger partial charge < -0.3 is 0 Å². The molecule has 148 valence electrons. The fourth-order valence-corrected chi connectivity index (χ4v) is 4.46. The van der Waals surface area contributed by atoms with Crippen molar-refractivity contribution in [3.8, 4) is 11.3 Å². The number of unbranched alkanes of at least 4 members (excludes halogenated alkanes) is 1. The molecule has 1 aromatic carbocycles. The summed E-state index contributed by atoms with van der Waals surface area (Å²) in [6.07, 6.45) is 4.90. The minimum atomic E-state index is -0.584. The Morgan fingerprint density at radius 2 is 2.10 bits per heavy atom. The number of benzene rings is 1. The van der Waals surface area contributed by atoms with Gasteiger partial charge in [-0.2, -0.15) is 0 Å². The molecule has 7 nitrogen and oxygen atoms in total. The summed E-state index contributed by atoms with van der Waals surface area (Å²) in [5.41, 5.74) is 2.37. The lowest BCUT2D eigenvalue weighted by Gasteiger charge is -2.31. The normalized spacial score (nSPS) is 15.0. The number of amides is 1. The average Bonchev–Trinajstić information content (AvgIpc) is 2.73. The number of anilines is 1.